The summed E-state index contributed by atoms with van der Waals surface area (Å²) < 4.78 is 5.07. The van der Waals surface area contributed by atoms with Gasteiger partial charge in [-0.25, -0.2) is 4.79 Å². The van der Waals surface area contributed by atoms with Crippen molar-refractivity contribution in [3.63, 3.8) is 0 Å². The molecule has 0 fully saturated rings. The molecule has 0 amide bonds. The van der Waals surface area contributed by atoms with Crippen LogP contribution in [0.3, 0.4) is 0 Å². The number of nitrogens with two attached hydrogens (primary N) is 1. The Balaban J connectivity index is 2.62. The van der Waals surface area contributed by atoms with Gasteiger partial charge >= 0.3 is 5.97 Å². The van der Waals surface area contributed by atoms with E-state index in [4.69, 9.17) is 27.3 Å². The molecule has 18 heavy (non-hydrogen) atoms. The first-order valence-electron chi connectivity index (χ1n) is 5.49. The summed E-state index contributed by atoms with van der Waals surface area (Å²) in [5, 5.41) is 9.25. The minimum absolute atomic E-state index is 0.172. The lowest BCUT2D eigenvalue weighted by molar-refractivity contribution is 0.0476. The van der Waals surface area contributed by atoms with Gasteiger partial charge in [-0.3, -0.25) is 0 Å². The van der Waals surface area contributed by atoms with E-state index >= 15 is 0 Å². The molecule has 0 aliphatic heterocycles. The standard InChI is InChI=1S/C13H15ClN2O2/c1-13(2,8-15)5-6-18-12(17)10-7-9(14)3-4-11(10)16/h3-4,7H,5-6,16H2,1-2H3. The molecule has 96 valence electrons. The molecule has 1 aromatic rings. The van der Waals surface area contributed by atoms with Gasteiger partial charge in [0.05, 0.1) is 23.7 Å². The van der Waals surface area contributed by atoms with Crippen molar-refractivity contribution in [2.24, 2.45) is 5.41 Å². The van der Waals surface area contributed by atoms with Gasteiger partial charge in [0.2, 0.25) is 0 Å². The smallest absolute Gasteiger partial charge is 0.340 e. The summed E-state index contributed by atoms with van der Waals surface area (Å²) in [5.41, 5.74) is 5.72. The second-order valence-corrected chi connectivity index (χ2v) is 5.05. The van der Waals surface area contributed by atoms with Gasteiger partial charge in [0.25, 0.3) is 0 Å². The van der Waals surface area contributed by atoms with Crippen molar-refractivity contribution >= 4 is 23.3 Å². The number of hydrogen-bond acceptors (Lipinski definition) is 4. The van der Waals surface area contributed by atoms with Gasteiger partial charge in [0.15, 0.2) is 0 Å². The molecule has 4 nitrogen and oxygen atoms in total. The van der Waals surface area contributed by atoms with Gasteiger partial charge in [-0.05, 0) is 38.5 Å². The zero-order valence-electron chi connectivity index (χ0n) is 10.4. The first kappa shape index (κ1) is 14.3. The van der Waals surface area contributed by atoms with Crippen LogP contribution in [0.2, 0.25) is 5.02 Å². The maximum atomic E-state index is 11.7. The van der Waals surface area contributed by atoms with Crippen molar-refractivity contribution in [2.75, 3.05) is 12.3 Å². The van der Waals surface area contributed by atoms with Crippen LogP contribution in [-0.4, -0.2) is 12.6 Å². The molecule has 0 heterocycles. The first-order chi connectivity index (χ1) is 8.35. The zero-order chi connectivity index (χ0) is 13.8. The van der Waals surface area contributed by atoms with Crippen molar-refractivity contribution in [3.05, 3.63) is 28.8 Å². The van der Waals surface area contributed by atoms with Crippen LogP contribution in [0.15, 0.2) is 18.2 Å². The third-order valence-electron chi connectivity index (χ3n) is 2.50. The number of esters is 1. The number of benzene rings is 1. The number of carbonyl (C=O) groups is 1. The summed E-state index contributed by atoms with van der Waals surface area (Å²) in [6.45, 7) is 3.74. The third kappa shape index (κ3) is 3.94. The molecule has 5 heteroatoms. The van der Waals surface area contributed by atoms with Crippen LogP contribution in [0.1, 0.15) is 30.6 Å². The second-order valence-electron chi connectivity index (χ2n) is 4.61. The summed E-state index contributed by atoms with van der Waals surface area (Å²) >= 11 is 5.78. The van der Waals surface area contributed by atoms with Gasteiger partial charge in [-0.15, -0.1) is 0 Å². The zero-order valence-corrected chi connectivity index (χ0v) is 11.1. The van der Waals surface area contributed by atoms with Crippen LogP contribution in [0.4, 0.5) is 5.69 Å². The Labute approximate surface area is 111 Å². The number of nitriles is 1. The second kappa shape index (κ2) is 5.74. The Morgan fingerprint density at radius 2 is 2.22 bits per heavy atom. The lowest BCUT2D eigenvalue weighted by Crippen LogP contribution is -2.15. The SMILES string of the molecule is CC(C)(C#N)CCOC(=O)c1cc(Cl)ccc1N. The van der Waals surface area contributed by atoms with Crippen molar-refractivity contribution in [1.82, 2.24) is 0 Å². The summed E-state index contributed by atoms with van der Waals surface area (Å²) in [6, 6.07) is 6.76. The van der Waals surface area contributed by atoms with Crippen LogP contribution in [0, 0.1) is 16.7 Å². The predicted octanol–water partition coefficient (Wildman–Crippen LogP) is 3.02. The normalized spacial score (nSPS) is 10.8. The number of carbonyl (C=O) groups excluding carboxylic acids is 1. The van der Waals surface area contributed by atoms with Crippen LogP contribution in [0.5, 0.6) is 0 Å². The molecule has 1 aromatic carbocycles. The molecule has 0 aliphatic rings. The fraction of sp³-hybridized carbons (Fsp3) is 0.385. The summed E-state index contributed by atoms with van der Waals surface area (Å²) in [6.07, 6.45) is 0.468. The van der Waals surface area contributed by atoms with Crippen LogP contribution < -0.4 is 5.73 Å². The van der Waals surface area contributed by atoms with Gasteiger partial charge in [0.1, 0.15) is 0 Å². The Morgan fingerprint density at radius 1 is 1.56 bits per heavy atom. The molecule has 0 bridgehead atoms. The van der Waals surface area contributed by atoms with E-state index in [9.17, 15) is 4.79 Å². The van der Waals surface area contributed by atoms with Crippen LogP contribution in [-0.2, 0) is 4.74 Å². The highest BCUT2D eigenvalue weighted by Gasteiger charge is 2.18. The third-order valence-corrected chi connectivity index (χ3v) is 2.73. The molecule has 0 radical (unpaired) electrons. The average Bonchev–Trinajstić information content (AvgIpc) is 2.32. The van der Waals surface area contributed by atoms with Gasteiger partial charge in [-0.2, -0.15) is 5.26 Å². The number of halogens is 1. The van der Waals surface area contributed by atoms with E-state index in [2.05, 4.69) is 6.07 Å². The fourth-order valence-corrected chi connectivity index (χ4v) is 1.41. The van der Waals surface area contributed by atoms with E-state index in [-0.39, 0.29) is 12.2 Å². The topological polar surface area (TPSA) is 76.1 Å². The number of hydrogen-bond donors (Lipinski definition) is 1. The molecule has 2 N–H and O–H groups in total. The molecule has 0 saturated heterocycles. The number of rotatable bonds is 4. The Hall–Kier alpha value is -1.73. The number of ether oxygens (including phenoxy) is 1. The van der Waals surface area contributed by atoms with E-state index in [0.717, 1.165) is 0 Å². The van der Waals surface area contributed by atoms with Crippen LogP contribution in [0.25, 0.3) is 0 Å². The molecule has 0 atom stereocenters. The molecule has 0 aliphatic carbocycles. The Kier molecular flexibility index (Phi) is 4.57. The summed E-state index contributed by atoms with van der Waals surface area (Å²) in [4.78, 5) is 11.7. The van der Waals surface area contributed by atoms with E-state index in [1.54, 1.807) is 26.0 Å². The quantitative estimate of drug-likeness (QED) is 0.671. The lowest BCUT2D eigenvalue weighted by atomic mass is 9.92. The fourth-order valence-electron chi connectivity index (χ4n) is 1.24. The average molecular weight is 267 g/mol. The summed E-state index contributed by atoms with van der Waals surface area (Å²) in [7, 11) is 0. The number of nitrogens with zero attached hydrogens (tertiary/aromatic N) is 1. The highest BCUT2D eigenvalue weighted by molar-refractivity contribution is 6.31. The molecule has 0 spiro atoms. The van der Waals surface area contributed by atoms with Crippen molar-refractivity contribution < 1.29 is 9.53 Å². The predicted molar refractivity (Wildman–Crippen MR) is 70.2 cm³/mol. The molecular weight excluding hydrogens is 252 g/mol. The maximum Gasteiger partial charge on any atom is 0.340 e. The first-order valence-corrected chi connectivity index (χ1v) is 5.87. The number of nitrogen functional groups attached to an aromatic ring is 1. The van der Waals surface area contributed by atoms with Gasteiger partial charge in [-0.1, -0.05) is 11.6 Å². The minimum Gasteiger partial charge on any atom is -0.462 e. The molecule has 0 aromatic heterocycles. The highest BCUT2D eigenvalue weighted by Crippen LogP contribution is 2.21. The van der Waals surface area contributed by atoms with Gasteiger partial charge in [0, 0.05) is 10.7 Å². The van der Waals surface area contributed by atoms with Crippen molar-refractivity contribution in [2.45, 2.75) is 20.3 Å². The maximum absolute atomic E-state index is 11.7. The van der Waals surface area contributed by atoms with Crippen molar-refractivity contribution in [1.29, 1.82) is 5.26 Å². The monoisotopic (exact) mass is 266 g/mol. The molecule has 0 unspecified atom stereocenters. The van der Waals surface area contributed by atoms with E-state index < -0.39 is 11.4 Å². The largest absolute Gasteiger partial charge is 0.462 e. The van der Waals surface area contributed by atoms with E-state index in [1.807, 2.05) is 0 Å². The minimum atomic E-state index is -0.524. The number of anilines is 1. The Bertz CT molecular complexity index is 492. The van der Waals surface area contributed by atoms with Crippen molar-refractivity contribution in [3.8, 4) is 6.07 Å². The van der Waals surface area contributed by atoms with E-state index in [1.165, 1.54) is 6.07 Å². The van der Waals surface area contributed by atoms with Gasteiger partial charge < -0.3 is 10.5 Å². The van der Waals surface area contributed by atoms with E-state index in [0.29, 0.717) is 17.1 Å². The lowest BCUT2D eigenvalue weighted by Gasteiger charge is -2.14. The molecular formula is C13H15ClN2O2. The highest BCUT2D eigenvalue weighted by atomic mass is 35.5. The Morgan fingerprint density at radius 3 is 2.83 bits per heavy atom. The summed E-state index contributed by atoms with van der Waals surface area (Å²) in [5.74, 6) is -0.524. The van der Waals surface area contributed by atoms with Crippen LogP contribution >= 0.6 is 11.6 Å². The molecule has 0 saturated carbocycles. The molecule has 1 rings (SSSR count).